The number of rotatable bonds is 11. The average Bonchev–Trinajstić information content (AvgIpc) is 2.66. The van der Waals surface area contributed by atoms with Gasteiger partial charge in [-0.05, 0) is 35.6 Å². The van der Waals surface area contributed by atoms with Gasteiger partial charge in [0.05, 0.1) is 0 Å². The third-order valence-corrected chi connectivity index (χ3v) is 6.06. The smallest absolute Gasteiger partial charge is 0.0218 e. The molecule has 1 nitrogen and oxygen atoms in total. The number of hydrogen-bond acceptors (Lipinski definition) is 1. The van der Waals surface area contributed by atoms with Gasteiger partial charge in [0.25, 0.3) is 0 Å². The number of halogens is 1. The summed E-state index contributed by atoms with van der Waals surface area (Å²) in [4.78, 5) is 0. The summed E-state index contributed by atoms with van der Waals surface area (Å²) in [6.07, 6.45) is 11.3. The summed E-state index contributed by atoms with van der Waals surface area (Å²) in [5.74, 6) is 0.444. The molecule has 0 saturated carbocycles. The minimum Gasteiger partial charge on any atom is -0.325 e. The highest BCUT2D eigenvalue weighted by Crippen LogP contribution is 2.39. The molecule has 0 fully saturated rings. The Morgan fingerprint density at radius 2 is 1.42 bits per heavy atom. The van der Waals surface area contributed by atoms with Crippen LogP contribution < -0.4 is 5.73 Å². The zero-order chi connectivity index (χ0) is 18.1. The van der Waals surface area contributed by atoms with Gasteiger partial charge in [0.1, 0.15) is 0 Å². The van der Waals surface area contributed by atoms with Crippen molar-refractivity contribution in [1.82, 2.24) is 0 Å². The summed E-state index contributed by atoms with van der Waals surface area (Å²) in [6, 6.07) is 15.5. The van der Waals surface area contributed by atoms with Crippen molar-refractivity contribution < 1.29 is 0 Å². The van der Waals surface area contributed by atoms with Gasteiger partial charge in [0, 0.05) is 11.5 Å². The molecule has 2 heteroatoms. The first kappa shape index (κ1) is 23.0. The van der Waals surface area contributed by atoms with Crippen LogP contribution in [0.1, 0.15) is 90.0 Å². The molecule has 2 aromatic rings. The number of hydrogen-bond donors (Lipinski definition) is 1. The summed E-state index contributed by atoms with van der Waals surface area (Å²) in [5.41, 5.74) is 8.28. The van der Waals surface area contributed by atoms with Gasteiger partial charge < -0.3 is 5.73 Å². The largest absolute Gasteiger partial charge is 0.325 e. The van der Waals surface area contributed by atoms with Crippen LogP contribution in [-0.4, -0.2) is 5.54 Å². The number of benzene rings is 2. The summed E-state index contributed by atoms with van der Waals surface area (Å²) in [5, 5.41) is 2.72. The molecule has 0 radical (unpaired) electrons. The molecule has 1 unspecified atom stereocenters. The molecule has 0 aromatic heterocycles. The third kappa shape index (κ3) is 5.72. The van der Waals surface area contributed by atoms with E-state index in [1.165, 1.54) is 61.3 Å². The van der Waals surface area contributed by atoms with Crippen molar-refractivity contribution in [2.24, 2.45) is 5.73 Å². The molecule has 2 N–H and O–H groups in total. The van der Waals surface area contributed by atoms with E-state index < -0.39 is 0 Å². The molecule has 0 aliphatic heterocycles. The molecule has 0 amide bonds. The molecular weight excluding hydrogens is 338 g/mol. The lowest BCUT2D eigenvalue weighted by Gasteiger charge is -2.37. The fraction of sp³-hybridized carbons (Fsp3) is 0.583. The first-order chi connectivity index (χ1) is 12.2. The Balaban J connectivity index is 0.00000338. The first-order valence-corrected chi connectivity index (χ1v) is 10.4. The zero-order valence-electron chi connectivity index (χ0n) is 17.0. The van der Waals surface area contributed by atoms with Gasteiger partial charge in [-0.2, -0.15) is 0 Å². The second kappa shape index (κ2) is 11.6. The van der Waals surface area contributed by atoms with E-state index in [2.05, 4.69) is 63.2 Å². The zero-order valence-corrected chi connectivity index (χ0v) is 17.8. The molecule has 2 aromatic carbocycles. The lowest BCUT2D eigenvalue weighted by atomic mass is 9.72. The minimum atomic E-state index is -0.104. The lowest BCUT2D eigenvalue weighted by Crippen LogP contribution is -2.44. The molecule has 0 heterocycles. The highest BCUT2D eigenvalue weighted by molar-refractivity contribution is 5.86. The Bertz CT molecular complexity index is 628. The molecule has 0 spiro atoms. The topological polar surface area (TPSA) is 26.0 Å². The summed E-state index contributed by atoms with van der Waals surface area (Å²) >= 11 is 0. The standard InChI is InChI=1S/C24H37N.ClH/c1-4-7-8-9-10-11-19-23(24(25,5-2)6-3)22-18-14-16-20-15-12-13-17-21(20)22;/h12-18,23H,4-11,19,25H2,1-3H3;1H. The van der Waals surface area contributed by atoms with Crippen molar-refractivity contribution in [3.05, 3.63) is 48.0 Å². The van der Waals surface area contributed by atoms with E-state index >= 15 is 0 Å². The summed E-state index contributed by atoms with van der Waals surface area (Å²) in [7, 11) is 0. The summed E-state index contributed by atoms with van der Waals surface area (Å²) in [6.45, 7) is 6.79. The van der Waals surface area contributed by atoms with Crippen LogP contribution in [-0.2, 0) is 0 Å². The Morgan fingerprint density at radius 3 is 2.12 bits per heavy atom. The van der Waals surface area contributed by atoms with E-state index in [1.54, 1.807) is 0 Å². The predicted octanol–water partition coefficient (Wildman–Crippen LogP) is 7.61. The molecule has 2 rings (SSSR count). The first-order valence-electron chi connectivity index (χ1n) is 10.4. The number of unbranched alkanes of at least 4 members (excludes halogenated alkanes) is 5. The molecular formula is C24H38ClN. The number of nitrogens with two attached hydrogens (primary N) is 1. The quantitative estimate of drug-likeness (QED) is 0.401. The van der Waals surface area contributed by atoms with Gasteiger partial charge in [0.15, 0.2) is 0 Å². The van der Waals surface area contributed by atoms with Gasteiger partial charge in [-0.15, -0.1) is 12.4 Å². The van der Waals surface area contributed by atoms with E-state index in [0.29, 0.717) is 5.92 Å². The van der Waals surface area contributed by atoms with Crippen molar-refractivity contribution >= 4 is 23.2 Å². The Morgan fingerprint density at radius 1 is 0.808 bits per heavy atom. The lowest BCUT2D eigenvalue weighted by molar-refractivity contribution is 0.301. The Labute approximate surface area is 167 Å². The third-order valence-electron chi connectivity index (χ3n) is 6.06. The van der Waals surface area contributed by atoms with E-state index in [4.69, 9.17) is 5.73 Å². The number of fused-ring (bicyclic) bond motifs is 1. The van der Waals surface area contributed by atoms with Crippen LogP contribution in [0.4, 0.5) is 0 Å². The van der Waals surface area contributed by atoms with Crippen molar-refractivity contribution in [2.45, 2.75) is 90.0 Å². The molecule has 26 heavy (non-hydrogen) atoms. The Hall–Kier alpha value is -1.05. The van der Waals surface area contributed by atoms with Gasteiger partial charge in [-0.1, -0.05) is 102 Å². The SMILES string of the molecule is CCCCCCCCC(c1cccc2ccccc12)C(N)(CC)CC.Cl. The maximum atomic E-state index is 6.93. The second-order valence-electron chi connectivity index (χ2n) is 7.62. The normalized spacial score (nSPS) is 12.8. The molecule has 0 saturated heterocycles. The van der Waals surface area contributed by atoms with Gasteiger partial charge in [-0.25, -0.2) is 0 Å². The van der Waals surface area contributed by atoms with Crippen LogP contribution in [0, 0.1) is 0 Å². The fourth-order valence-corrected chi connectivity index (χ4v) is 4.18. The maximum Gasteiger partial charge on any atom is 0.0218 e. The molecule has 146 valence electrons. The highest BCUT2D eigenvalue weighted by atomic mass is 35.5. The highest BCUT2D eigenvalue weighted by Gasteiger charge is 2.33. The average molecular weight is 376 g/mol. The van der Waals surface area contributed by atoms with Gasteiger partial charge in [0.2, 0.25) is 0 Å². The van der Waals surface area contributed by atoms with E-state index in [9.17, 15) is 0 Å². The van der Waals surface area contributed by atoms with Crippen LogP contribution >= 0.6 is 12.4 Å². The molecule has 0 aliphatic rings. The molecule has 0 bridgehead atoms. The molecule has 1 atom stereocenters. The maximum absolute atomic E-state index is 6.93. The van der Waals surface area contributed by atoms with Crippen molar-refractivity contribution in [2.75, 3.05) is 0 Å². The van der Waals surface area contributed by atoms with Crippen LogP contribution in [0.2, 0.25) is 0 Å². The minimum absolute atomic E-state index is 0. The summed E-state index contributed by atoms with van der Waals surface area (Å²) < 4.78 is 0. The predicted molar refractivity (Wildman–Crippen MR) is 119 cm³/mol. The fourth-order valence-electron chi connectivity index (χ4n) is 4.18. The van der Waals surface area contributed by atoms with E-state index in [1.807, 2.05) is 0 Å². The Kier molecular flexibility index (Phi) is 10.3. The monoisotopic (exact) mass is 375 g/mol. The second-order valence-corrected chi connectivity index (χ2v) is 7.62. The van der Waals surface area contributed by atoms with Crippen LogP contribution in [0.5, 0.6) is 0 Å². The van der Waals surface area contributed by atoms with E-state index in [-0.39, 0.29) is 17.9 Å². The van der Waals surface area contributed by atoms with Crippen LogP contribution in [0.15, 0.2) is 42.5 Å². The van der Waals surface area contributed by atoms with Crippen molar-refractivity contribution in [3.63, 3.8) is 0 Å². The van der Waals surface area contributed by atoms with Gasteiger partial charge in [-0.3, -0.25) is 0 Å². The van der Waals surface area contributed by atoms with Gasteiger partial charge >= 0.3 is 0 Å². The van der Waals surface area contributed by atoms with Crippen LogP contribution in [0.3, 0.4) is 0 Å². The molecule has 0 aliphatic carbocycles. The van der Waals surface area contributed by atoms with Crippen molar-refractivity contribution in [3.8, 4) is 0 Å². The van der Waals surface area contributed by atoms with Crippen LogP contribution in [0.25, 0.3) is 10.8 Å². The van der Waals surface area contributed by atoms with Crippen molar-refractivity contribution in [1.29, 1.82) is 0 Å². The van der Waals surface area contributed by atoms with E-state index in [0.717, 1.165) is 12.8 Å².